The second kappa shape index (κ2) is 7.99. The number of rotatable bonds is 5. The van der Waals surface area contributed by atoms with Crippen LogP contribution in [0.2, 0.25) is 0 Å². The first-order valence-corrected chi connectivity index (χ1v) is 10.1. The molecule has 140 valence electrons. The third kappa shape index (κ3) is 4.40. The summed E-state index contributed by atoms with van der Waals surface area (Å²) in [6.45, 7) is 7.09. The summed E-state index contributed by atoms with van der Waals surface area (Å²) in [4.78, 5) is 0. The van der Waals surface area contributed by atoms with E-state index in [-0.39, 0.29) is 16.6 Å². The molecule has 3 rings (SSSR count). The van der Waals surface area contributed by atoms with Gasteiger partial charge in [-0.25, -0.2) is 4.39 Å². The van der Waals surface area contributed by atoms with E-state index in [0.29, 0.717) is 12.4 Å². The fourth-order valence-corrected chi connectivity index (χ4v) is 4.70. The van der Waals surface area contributed by atoms with Crippen LogP contribution in [0, 0.1) is 5.82 Å². The van der Waals surface area contributed by atoms with Crippen molar-refractivity contribution in [1.82, 2.24) is 4.31 Å². The average molecular weight is 376 g/mol. The fraction of sp³-hybridized carbons (Fsp3) is 0.429. The smallest absolute Gasteiger partial charge is 0.137 e. The predicted molar refractivity (Wildman–Crippen MR) is 104 cm³/mol. The Morgan fingerprint density at radius 2 is 1.92 bits per heavy atom. The number of halogens is 1. The monoisotopic (exact) mass is 375 g/mol. The topological polar surface area (TPSA) is 35.5 Å². The summed E-state index contributed by atoms with van der Waals surface area (Å²) in [7, 11) is 0. The number of hydrogen-bond donors (Lipinski definition) is 0. The van der Waals surface area contributed by atoms with E-state index < -0.39 is 11.4 Å². The van der Waals surface area contributed by atoms with Gasteiger partial charge < -0.3 is 9.29 Å². The van der Waals surface area contributed by atoms with Crippen molar-refractivity contribution in [2.24, 2.45) is 0 Å². The fourth-order valence-electron chi connectivity index (χ4n) is 3.25. The molecule has 0 bridgehead atoms. The maximum Gasteiger partial charge on any atom is 0.137 e. The normalized spacial score (nSPS) is 19.5. The van der Waals surface area contributed by atoms with Crippen LogP contribution in [0.5, 0.6) is 5.75 Å². The van der Waals surface area contributed by atoms with Crippen LogP contribution in [-0.4, -0.2) is 20.1 Å². The van der Waals surface area contributed by atoms with Crippen LogP contribution in [0.15, 0.2) is 48.5 Å². The van der Waals surface area contributed by atoms with Gasteiger partial charge in [-0.05, 0) is 57.4 Å². The minimum Gasteiger partial charge on any atom is -0.597 e. The van der Waals surface area contributed by atoms with Crippen molar-refractivity contribution in [1.29, 1.82) is 0 Å². The van der Waals surface area contributed by atoms with Crippen LogP contribution in [-0.2, 0) is 18.0 Å². The molecule has 1 fully saturated rings. The van der Waals surface area contributed by atoms with E-state index in [4.69, 9.17) is 4.74 Å². The van der Waals surface area contributed by atoms with Gasteiger partial charge in [0.2, 0.25) is 0 Å². The summed E-state index contributed by atoms with van der Waals surface area (Å²) in [5.74, 6) is 0.374. The molecule has 1 saturated heterocycles. The second-order valence-corrected chi connectivity index (χ2v) is 9.81. The second-order valence-electron chi connectivity index (χ2n) is 7.62. The maximum atomic E-state index is 14.0. The van der Waals surface area contributed by atoms with Crippen LogP contribution in [0.3, 0.4) is 0 Å². The Bertz CT molecular complexity index is 733. The summed E-state index contributed by atoms with van der Waals surface area (Å²) < 4.78 is 34.6. The van der Waals surface area contributed by atoms with E-state index in [1.54, 1.807) is 6.07 Å². The van der Waals surface area contributed by atoms with Crippen molar-refractivity contribution >= 4 is 11.4 Å². The lowest BCUT2D eigenvalue weighted by Crippen LogP contribution is -2.42. The maximum absolute atomic E-state index is 14.0. The Kier molecular flexibility index (Phi) is 5.90. The Morgan fingerprint density at radius 1 is 1.19 bits per heavy atom. The molecular formula is C21H26FNO2S. The number of benzene rings is 2. The number of hydrogen-bond acceptors (Lipinski definition) is 3. The van der Waals surface area contributed by atoms with Crippen molar-refractivity contribution in [3.63, 3.8) is 0 Å². The van der Waals surface area contributed by atoms with Crippen molar-refractivity contribution < 1.29 is 13.7 Å². The Balaban J connectivity index is 1.85. The van der Waals surface area contributed by atoms with E-state index in [1.807, 2.05) is 55.4 Å². The van der Waals surface area contributed by atoms with Gasteiger partial charge in [0, 0.05) is 23.5 Å². The summed E-state index contributed by atoms with van der Waals surface area (Å²) in [6.07, 6.45) is 1.80. The molecule has 0 saturated carbocycles. The minimum atomic E-state index is -1.14. The van der Waals surface area contributed by atoms with E-state index in [1.165, 1.54) is 12.1 Å². The highest BCUT2D eigenvalue weighted by atomic mass is 32.2. The van der Waals surface area contributed by atoms with E-state index in [2.05, 4.69) is 0 Å². The van der Waals surface area contributed by atoms with Crippen molar-refractivity contribution in [2.75, 3.05) is 6.54 Å². The van der Waals surface area contributed by atoms with Crippen LogP contribution in [0.25, 0.3) is 0 Å². The lowest BCUT2D eigenvalue weighted by atomic mass is 10.0. The molecule has 0 spiro atoms. The highest BCUT2D eigenvalue weighted by Crippen LogP contribution is 2.41. The van der Waals surface area contributed by atoms with Gasteiger partial charge in [-0.15, -0.1) is 4.31 Å². The average Bonchev–Trinajstić information content (AvgIpc) is 3.09. The van der Waals surface area contributed by atoms with Gasteiger partial charge in [0.25, 0.3) is 0 Å². The first-order valence-electron chi connectivity index (χ1n) is 9.01. The van der Waals surface area contributed by atoms with E-state index in [0.717, 1.165) is 30.5 Å². The van der Waals surface area contributed by atoms with Crippen LogP contribution in [0.1, 0.15) is 50.8 Å². The van der Waals surface area contributed by atoms with Crippen molar-refractivity contribution in [2.45, 2.75) is 51.0 Å². The molecule has 26 heavy (non-hydrogen) atoms. The minimum absolute atomic E-state index is 0.0865. The SMILES string of the molecule is CC(C)(C)[S+]([O-])N1CCC[C@@H]1c1cc(F)ccc1OCc1ccccc1. The number of ether oxygens (including phenoxy) is 1. The highest BCUT2D eigenvalue weighted by molar-refractivity contribution is 7.90. The zero-order valence-corrected chi connectivity index (χ0v) is 16.4. The lowest BCUT2D eigenvalue weighted by Gasteiger charge is -2.34. The zero-order chi connectivity index (χ0) is 18.7. The third-order valence-electron chi connectivity index (χ3n) is 4.51. The molecule has 0 aliphatic carbocycles. The molecule has 1 aliphatic rings. The Hall–Kier alpha value is -1.56. The first kappa shape index (κ1) is 19.2. The first-order chi connectivity index (χ1) is 12.4. The molecule has 1 unspecified atom stereocenters. The van der Waals surface area contributed by atoms with Crippen LogP contribution in [0.4, 0.5) is 4.39 Å². The molecule has 5 heteroatoms. The molecule has 0 amide bonds. The molecule has 2 atom stereocenters. The molecule has 0 aromatic heterocycles. The van der Waals surface area contributed by atoms with Gasteiger partial charge in [0.05, 0.1) is 6.04 Å². The predicted octanol–water partition coefficient (Wildman–Crippen LogP) is 5.00. The molecule has 3 nitrogen and oxygen atoms in total. The van der Waals surface area contributed by atoms with Gasteiger partial charge in [-0.3, -0.25) is 0 Å². The molecule has 2 aromatic rings. The van der Waals surface area contributed by atoms with Gasteiger partial charge in [0.15, 0.2) is 0 Å². The van der Waals surface area contributed by atoms with Crippen molar-refractivity contribution in [3.05, 3.63) is 65.5 Å². The van der Waals surface area contributed by atoms with Crippen molar-refractivity contribution in [3.8, 4) is 5.75 Å². The Morgan fingerprint density at radius 3 is 2.62 bits per heavy atom. The summed E-state index contributed by atoms with van der Waals surface area (Å²) in [6, 6.07) is 14.4. The molecule has 1 heterocycles. The van der Waals surface area contributed by atoms with Gasteiger partial charge in [-0.2, -0.15) is 0 Å². The van der Waals surface area contributed by atoms with Crippen LogP contribution >= 0.6 is 0 Å². The summed E-state index contributed by atoms with van der Waals surface area (Å²) in [5, 5.41) is 0. The summed E-state index contributed by atoms with van der Waals surface area (Å²) >= 11 is -1.14. The molecule has 1 aliphatic heterocycles. The van der Waals surface area contributed by atoms with Gasteiger partial charge in [0.1, 0.15) is 22.9 Å². The lowest BCUT2D eigenvalue weighted by molar-refractivity contribution is 0.291. The molecule has 0 radical (unpaired) electrons. The van der Waals surface area contributed by atoms with Crippen LogP contribution < -0.4 is 4.74 Å². The Labute approximate surface area is 158 Å². The third-order valence-corrected chi connectivity index (χ3v) is 6.42. The van der Waals surface area contributed by atoms with E-state index >= 15 is 0 Å². The van der Waals surface area contributed by atoms with Gasteiger partial charge in [-0.1, -0.05) is 30.3 Å². The van der Waals surface area contributed by atoms with Gasteiger partial charge >= 0.3 is 0 Å². The standard InChI is InChI=1S/C21H26FNO2S/c1-21(2,3)26(24)23-13-7-10-19(23)18-14-17(22)11-12-20(18)25-15-16-8-5-4-6-9-16/h4-6,8-9,11-12,14,19H,7,10,13,15H2,1-3H3/t19-,26?/m1/s1. The van der Waals surface area contributed by atoms with E-state index in [9.17, 15) is 8.94 Å². The number of nitrogens with zero attached hydrogens (tertiary/aromatic N) is 1. The molecular weight excluding hydrogens is 349 g/mol. The quantitative estimate of drug-likeness (QED) is 0.690. The largest absolute Gasteiger partial charge is 0.597 e. The summed E-state index contributed by atoms with van der Waals surface area (Å²) in [5.41, 5.74) is 1.85. The zero-order valence-electron chi connectivity index (χ0n) is 15.6. The molecule has 0 N–H and O–H groups in total. The highest BCUT2D eigenvalue weighted by Gasteiger charge is 2.42. The molecule has 2 aromatic carbocycles.